The Labute approximate surface area is 131 Å². The normalized spacial score (nSPS) is 17.8. The van der Waals surface area contributed by atoms with Crippen molar-refractivity contribution in [3.05, 3.63) is 35.4 Å². The third kappa shape index (κ3) is 4.56. The number of aryl methyl sites for hydroxylation is 1. The second-order valence-electron chi connectivity index (χ2n) is 5.75. The van der Waals surface area contributed by atoms with Crippen LogP contribution in [0, 0.1) is 6.92 Å². The molecule has 5 heteroatoms. The number of methoxy groups -OCH3 is 1. The van der Waals surface area contributed by atoms with E-state index in [0.29, 0.717) is 32.5 Å². The fourth-order valence-electron chi connectivity index (χ4n) is 2.69. The second-order valence-corrected chi connectivity index (χ2v) is 5.75. The first-order valence-corrected chi connectivity index (χ1v) is 7.71. The quantitative estimate of drug-likeness (QED) is 0.779. The van der Waals surface area contributed by atoms with E-state index in [2.05, 4.69) is 5.32 Å². The van der Waals surface area contributed by atoms with Gasteiger partial charge in [0.25, 0.3) is 0 Å². The fraction of sp³-hybridized carbons (Fsp3) is 0.529. The molecule has 120 valence electrons. The molecule has 0 aliphatic carbocycles. The van der Waals surface area contributed by atoms with E-state index < -0.39 is 0 Å². The van der Waals surface area contributed by atoms with Crippen molar-refractivity contribution < 1.29 is 14.3 Å². The molecule has 22 heavy (non-hydrogen) atoms. The van der Waals surface area contributed by atoms with Crippen LogP contribution in [-0.4, -0.2) is 43.0 Å². The molecule has 0 radical (unpaired) electrons. The smallest absolute Gasteiger partial charge is 0.223 e. The lowest BCUT2D eigenvalue weighted by Gasteiger charge is -2.24. The van der Waals surface area contributed by atoms with Crippen molar-refractivity contribution in [1.82, 2.24) is 10.2 Å². The van der Waals surface area contributed by atoms with Gasteiger partial charge in [-0.3, -0.25) is 9.59 Å². The molecule has 1 atom stereocenters. The summed E-state index contributed by atoms with van der Waals surface area (Å²) in [5, 5.41) is 2.82. The third-order valence-corrected chi connectivity index (χ3v) is 3.98. The van der Waals surface area contributed by atoms with Crippen molar-refractivity contribution in [2.45, 2.75) is 38.8 Å². The first-order chi connectivity index (χ1) is 10.6. The lowest BCUT2D eigenvalue weighted by Crippen LogP contribution is -2.37. The molecular weight excluding hydrogens is 280 g/mol. The number of nitrogens with one attached hydrogen (secondary N) is 1. The average Bonchev–Trinajstić information content (AvgIpc) is 2.83. The zero-order chi connectivity index (χ0) is 15.9. The molecule has 2 amide bonds. The van der Waals surface area contributed by atoms with E-state index in [4.69, 9.17) is 4.74 Å². The van der Waals surface area contributed by atoms with Crippen molar-refractivity contribution in [2.75, 3.05) is 20.3 Å². The van der Waals surface area contributed by atoms with E-state index in [-0.39, 0.29) is 17.9 Å². The summed E-state index contributed by atoms with van der Waals surface area (Å²) in [5.74, 6) is 0.112. The Morgan fingerprint density at radius 3 is 2.77 bits per heavy atom. The number of ether oxygens (including phenoxy) is 1. The van der Waals surface area contributed by atoms with Crippen molar-refractivity contribution in [3.63, 3.8) is 0 Å². The van der Waals surface area contributed by atoms with E-state index in [1.807, 2.05) is 36.1 Å². The SMILES string of the molecule is COCCNC(=O)CC1CCC(=O)N1Cc1ccc(C)cc1. The van der Waals surface area contributed by atoms with Gasteiger partial charge in [-0.15, -0.1) is 0 Å². The van der Waals surface area contributed by atoms with Gasteiger partial charge in [0.15, 0.2) is 0 Å². The lowest BCUT2D eigenvalue weighted by molar-refractivity contribution is -0.130. The molecule has 1 N–H and O–H groups in total. The number of nitrogens with zero attached hydrogens (tertiary/aromatic N) is 1. The molecular formula is C17H24N2O3. The van der Waals surface area contributed by atoms with Crippen molar-refractivity contribution in [2.24, 2.45) is 0 Å². The maximum Gasteiger partial charge on any atom is 0.223 e. The second kappa shape index (κ2) is 7.94. The highest BCUT2D eigenvalue weighted by molar-refractivity contribution is 5.82. The molecule has 1 heterocycles. The summed E-state index contributed by atoms with van der Waals surface area (Å²) in [7, 11) is 1.60. The number of benzene rings is 1. The van der Waals surface area contributed by atoms with Gasteiger partial charge >= 0.3 is 0 Å². The molecule has 1 saturated heterocycles. The summed E-state index contributed by atoms with van der Waals surface area (Å²) >= 11 is 0. The molecule has 2 rings (SSSR count). The summed E-state index contributed by atoms with van der Waals surface area (Å²) in [6, 6.07) is 8.16. The standard InChI is InChI=1S/C17H24N2O3/c1-13-3-5-14(6-4-13)12-19-15(7-8-17(19)21)11-16(20)18-9-10-22-2/h3-6,15H,7-12H2,1-2H3,(H,18,20). The lowest BCUT2D eigenvalue weighted by atomic mass is 10.1. The minimum atomic E-state index is -0.0225. The molecule has 0 spiro atoms. The number of carbonyl (C=O) groups excluding carboxylic acids is 2. The Morgan fingerprint density at radius 1 is 1.36 bits per heavy atom. The predicted molar refractivity (Wildman–Crippen MR) is 84.3 cm³/mol. The van der Waals surface area contributed by atoms with Crippen LogP contribution in [0.5, 0.6) is 0 Å². The Hall–Kier alpha value is -1.88. The van der Waals surface area contributed by atoms with Crippen LogP contribution in [0.4, 0.5) is 0 Å². The fourth-order valence-corrected chi connectivity index (χ4v) is 2.69. The highest BCUT2D eigenvalue weighted by Crippen LogP contribution is 2.24. The van der Waals surface area contributed by atoms with Crippen LogP contribution in [0.2, 0.25) is 0 Å². The highest BCUT2D eigenvalue weighted by Gasteiger charge is 2.32. The maximum atomic E-state index is 12.1. The zero-order valence-electron chi connectivity index (χ0n) is 13.3. The molecule has 1 unspecified atom stereocenters. The molecule has 0 aromatic heterocycles. The largest absolute Gasteiger partial charge is 0.383 e. The van der Waals surface area contributed by atoms with E-state index in [9.17, 15) is 9.59 Å². The molecule has 5 nitrogen and oxygen atoms in total. The number of hydrogen-bond donors (Lipinski definition) is 1. The third-order valence-electron chi connectivity index (χ3n) is 3.98. The molecule has 0 saturated carbocycles. The van der Waals surface area contributed by atoms with Crippen LogP contribution in [-0.2, 0) is 20.9 Å². The van der Waals surface area contributed by atoms with Gasteiger partial charge in [-0.2, -0.15) is 0 Å². The Kier molecular flexibility index (Phi) is 5.95. The van der Waals surface area contributed by atoms with Crippen molar-refractivity contribution >= 4 is 11.8 Å². The number of amides is 2. The monoisotopic (exact) mass is 304 g/mol. The van der Waals surface area contributed by atoms with Crippen LogP contribution < -0.4 is 5.32 Å². The van der Waals surface area contributed by atoms with E-state index >= 15 is 0 Å². The Morgan fingerprint density at radius 2 is 2.09 bits per heavy atom. The van der Waals surface area contributed by atoms with E-state index in [1.165, 1.54) is 5.56 Å². The highest BCUT2D eigenvalue weighted by atomic mass is 16.5. The number of hydrogen-bond acceptors (Lipinski definition) is 3. The maximum absolute atomic E-state index is 12.1. The van der Waals surface area contributed by atoms with Crippen LogP contribution in [0.15, 0.2) is 24.3 Å². The van der Waals surface area contributed by atoms with Crippen LogP contribution >= 0.6 is 0 Å². The van der Waals surface area contributed by atoms with Gasteiger partial charge in [-0.1, -0.05) is 29.8 Å². The molecule has 1 aromatic carbocycles. The first-order valence-electron chi connectivity index (χ1n) is 7.71. The van der Waals surface area contributed by atoms with Crippen LogP contribution in [0.25, 0.3) is 0 Å². The average molecular weight is 304 g/mol. The van der Waals surface area contributed by atoms with Gasteiger partial charge < -0.3 is 15.0 Å². The van der Waals surface area contributed by atoms with Gasteiger partial charge in [-0.25, -0.2) is 0 Å². The molecule has 0 bridgehead atoms. The van der Waals surface area contributed by atoms with E-state index in [0.717, 1.165) is 12.0 Å². The topological polar surface area (TPSA) is 58.6 Å². The summed E-state index contributed by atoms with van der Waals surface area (Å²) in [6.45, 7) is 3.63. The number of carbonyl (C=O) groups is 2. The van der Waals surface area contributed by atoms with Crippen LogP contribution in [0.3, 0.4) is 0 Å². The Balaban J connectivity index is 1.91. The van der Waals surface area contributed by atoms with Crippen LogP contribution in [0.1, 0.15) is 30.4 Å². The first kappa shape index (κ1) is 16.5. The summed E-state index contributed by atoms with van der Waals surface area (Å²) in [5.41, 5.74) is 2.30. The van der Waals surface area contributed by atoms with Gasteiger partial charge in [0, 0.05) is 39.1 Å². The van der Waals surface area contributed by atoms with Gasteiger partial charge in [0.1, 0.15) is 0 Å². The summed E-state index contributed by atoms with van der Waals surface area (Å²) in [4.78, 5) is 25.8. The summed E-state index contributed by atoms with van der Waals surface area (Å²) in [6.07, 6.45) is 1.64. The van der Waals surface area contributed by atoms with Crippen molar-refractivity contribution in [1.29, 1.82) is 0 Å². The minimum Gasteiger partial charge on any atom is -0.383 e. The van der Waals surface area contributed by atoms with Gasteiger partial charge in [0.2, 0.25) is 11.8 Å². The zero-order valence-corrected chi connectivity index (χ0v) is 13.3. The minimum absolute atomic E-state index is 0.00338. The predicted octanol–water partition coefficient (Wildman–Crippen LogP) is 1.64. The number of likely N-dealkylation sites (tertiary alicyclic amines) is 1. The number of rotatable bonds is 7. The molecule has 1 aliphatic rings. The van der Waals surface area contributed by atoms with Crippen molar-refractivity contribution in [3.8, 4) is 0 Å². The van der Waals surface area contributed by atoms with Gasteiger partial charge in [-0.05, 0) is 18.9 Å². The molecule has 1 aliphatic heterocycles. The van der Waals surface area contributed by atoms with E-state index in [1.54, 1.807) is 7.11 Å². The molecule has 1 aromatic rings. The molecule has 1 fully saturated rings. The Bertz CT molecular complexity index is 513. The summed E-state index contributed by atoms with van der Waals surface area (Å²) < 4.78 is 4.91. The van der Waals surface area contributed by atoms with Gasteiger partial charge in [0.05, 0.1) is 6.61 Å².